The number of sulfonamides is 1. The van der Waals surface area contributed by atoms with Gasteiger partial charge in [-0.1, -0.05) is 11.6 Å². The van der Waals surface area contributed by atoms with E-state index in [4.69, 9.17) is 21.1 Å². The van der Waals surface area contributed by atoms with Gasteiger partial charge in [-0.2, -0.15) is 4.31 Å². The molecular weight excluding hydrogens is 366 g/mol. The van der Waals surface area contributed by atoms with Crippen LogP contribution in [0.4, 0.5) is 0 Å². The van der Waals surface area contributed by atoms with E-state index < -0.39 is 10.0 Å². The molecule has 1 saturated heterocycles. The Bertz CT molecular complexity index is 830. The van der Waals surface area contributed by atoms with Crippen LogP contribution in [0.1, 0.15) is 12.8 Å². The fraction of sp³-hybridized carbons (Fsp3) is 0.375. The fourth-order valence-electron chi connectivity index (χ4n) is 2.67. The average Bonchev–Trinajstić information content (AvgIpc) is 2.63. The third-order valence-corrected chi connectivity index (χ3v) is 6.03. The molecule has 2 heterocycles. The number of ether oxygens (including phenoxy) is 2. The van der Waals surface area contributed by atoms with E-state index in [1.165, 1.54) is 35.9 Å². The standard InChI is InChI=1S/C16H18ClN3O4S/c1-23-15-16(19-9-8-18-15)24-13-3-2-10-20(11-13)25(21,22)14-6-4-12(17)5-7-14/h4-9,13H,2-3,10-11H2,1H3. The molecule has 1 unspecified atom stereocenters. The first-order chi connectivity index (χ1) is 12.0. The van der Waals surface area contributed by atoms with Crippen molar-refractivity contribution in [3.63, 3.8) is 0 Å². The number of benzene rings is 1. The molecule has 0 N–H and O–H groups in total. The Morgan fingerprint density at radius 3 is 2.52 bits per heavy atom. The molecule has 1 atom stereocenters. The monoisotopic (exact) mass is 383 g/mol. The summed E-state index contributed by atoms with van der Waals surface area (Å²) in [5.41, 5.74) is 0. The van der Waals surface area contributed by atoms with Gasteiger partial charge in [-0.3, -0.25) is 0 Å². The van der Waals surface area contributed by atoms with Gasteiger partial charge in [0.25, 0.3) is 11.8 Å². The summed E-state index contributed by atoms with van der Waals surface area (Å²) < 4.78 is 38.0. The second kappa shape index (κ2) is 7.55. The number of hydrogen-bond donors (Lipinski definition) is 0. The third kappa shape index (κ3) is 4.02. The zero-order valence-electron chi connectivity index (χ0n) is 13.6. The summed E-state index contributed by atoms with van der Waals surface area (Å²) in [6, 6.07) is 6.15. The first kappa shape index (κ1) is 17.9. The molecule has 0 amide bonds. The summed E-state index contributed by atoms with van der Waals surface area (Å²) in [4.78, 5) is 8.36. The summed E-state index contributed by atoms with van der Waals surface area (Å²) in [5, 5.41) is 0.494. The molecule has 3 rings (SSSR count). The highest BCUT2D eigenvalue weighted by atomic mass is 35.5. The molecule has 1 aromatic heterocycles. The molecule has 0 spiro atoms. The zero-order valence-corrected chi connectivity index (χ0v) is 15.2. The van der Waals surface area contributed by atoms with Crippen LogP contribution in [0.3, 0.4) is 0 Å². The van der Waals surface area contributed by atoms with E-state index in [1.807, 2.05) is 0 Å². The highest BCUT2D eigenvalue weighted by Crippen LogP contribution is 2.26. The normalized spacial score (nSPS) is 18.7. The van der Waals surface area contributed by atoms with E-state index in [9.17, 15) is 8.42 Å². The second-order valence-electron chi connectivity index (χ2n) is 5.57. The van der Waals surface area contributed by atoms with Crippen molar-refractivity contribution in [1.29, 1.82) is 0 Å². The van der Waals surface area contributed by atoms with Gasteiger partial charge in [-0.05, 0) is 37.1 Å². The van der Waals surface area contributed by atoms with Crippen LogP contribution in [0.15, 0.2) is 41.6 Å². The molecule has 25 heavy (non-hydrogen) atoms. The van der Waals surface area contributed by atoms with E-state index >= 15 is 0 Å². The minimum Gasteiger partial charge on any atom is -0.477 e. The molecule has 0 saturated carbocycles. The Morgan fingerprint density at radius 2 is 1.84 bits per heavy atom. The van der Waals surface area contributed by atoms with Crippen LogP contribution in [-0.4, -0.2) is 49.0 Å². The number of nitrogens with zero attached hydrogens (tertiary/aromatic N) is 3. The van der Waals surface area contributed by atoms with Gasteiger partial charge in [0.05, 0.1) is 18.6 Å². The molecule has 1 aliphatic heterocycles. The molecular formula is C16H18ClN3O4S. The minimum absolute atomic E-state index is 0.217. The van der Waals surface area contributed by atoms with Crippen molar-refractivity contribution < 1.29 is 17.9 Å². The lowest BCUT2D eigenvalue weighted by atomic mass is 10.1. The quantitative estimate of drug-likeness (QED) is 0.788. The summed E-state index contributed by atoms with van der Waals surface area (Å²) in [5.74, 6) is 0.543. The molecule has 134 valence electrons. The number of piperidine rings is 1. The lowest BCUT2D eigenvalue weighted by molar-refractivity contribution is 0.119. The molecule has 1 fully saturated rings. The summed E-state index contributed by atoms with van der Waals surface area (Å²) >= 11 is 5.84. The Kier molecular flexibility index (Phi) is 5.41. The maximum absolute atomic E-state index is 12.8. The smallest absolute Gasteiger partial charge is 0.278 e. The van der Waals surface area contributed by atoms with Gasteiger partial charge in [0.2, 0.25) is 10.0 Å². The van der Waals surface area contributed by atoms with Crippen LogP contribution in [0.25, 0.3) is 0 Å². The van der Waals surface area contributed by atoms with Crippen LogP contribution in [0.5, 0.6) is 11.8 Å². The van der Waals surface area contributed by atoms with Crippen molar-refractivity contribution in [3.05, 3.63) is 41.7 Å². The molecule has 1 aromatic carbocycles. The molecule has 0 radical (unpaired) electrons. The fourth-order valence-corrected chi connectivity index (χ4v) is 4.30. The highest BCUT2D eigenvalue weighted by molar-refractivity contribution is 7.89. The molecule has 0 aliphatic carbocycles. The maximum atomic E-state index is 12.8. The van der Waals surface area contributed by atoms with Crippen molar-refractivity contribution in [1.82, 2.24) is 14.3 Å². The van der Waals surface area contributed by atoms with Crippen molar-refractivity contribution in [2.24, 2.45) is 0 Å². The molecule has 1 aliphatic rings. The Morgan fingerprint density at radius 1 is 1.16 bits per heavy atom. The average molecular weight is 384 g/mol. The summed E-state index contributed by atoms with van der Waals surface area (Å²) in [7, 11) is -2.11. The second-order valence-corrected chi connectivity index (χ2v) is 7.94. The summed E-state index contributed by atoms with van der Waals surface area (Å²) in [6.07, 6.45) is 4.11. The van der Waals surface area contributed by atoms with Gasteiger partial charge in [0, 0.05) is 24.0 Å². The Balaban J connectivity index is 1.75. The topological polar surface area (TPSA) is 81.6 Å². The lowest BCUT2D eigenvalue weighted by Gasteiger charge is -2.31. The third-order valence-electron chi connectivity index (χ3n) is 3.90. The molecule has 0 bridgehead atoms. The predicted octanol–water partition coefficient (Wildman–Crippen LogP) is 2.37. The van der Waals surface area contributed by atoms with Crippen LogP contribution >= 0.6 is 11.6 Å². The van der Waals surface area contributed by atoms with Gasteiger partial charge >= 0.3 is 0 Å². The molecule has 7 nitrogen and oxygen atoms in total. The van der Waals surface area contributed by atoms with Gasteiger partial charge in [0.1, 0.15) is 6.10 Å². The van der Waals surface area contributed by atoms with Crippen molar-refractivity contribution in [2.45, 2.75) is 23.8 Å². The first-order valence-electron chi connectivity index (χ1n) is 7.78. The van der Waals surface area contributed by atoms with Crippen LogP contribution in [0.2, 0.25) is 5.02 Å². The van der Waals surface area contributed by atoms with Crippen molar-refractivity contribution >= 4 is 21.6 Å². The van der Waals surface area contributed by atoms with E-state index in [-0.39, 0.29) is 29.3 Å². The van der Waals surface area contributed by atoms with Crippen molar-refractivity contribution in [3.8, 4) is 11.8 Å². The largest absolute Gasteiger partial charge is 0.477 e. The number of rotatable bonds is 5. The minimum atomic E-state index is -3.59. The SMILES string of the molecule is COc1nccnc1OC1CCCN(S(=O)(=O)c2ccc(Cl)cc2)C1. The van der Waals surface area contributed by atoms with Crippen LogP contribution in [-0.2, 0) is 10.0 Å². The number of methoxy groups -OCH3 is 1. The predicted molar refractivity (Wildman–Crippen MR) is 92.4 cm³/mol. The van der Waals surface area contributed by atoms with Crippen LogP contribution < -0.4 is 9.47 Å². The zero-order chi connectivity index (χ0) is 17.9. The van der Waals surface area contributed by atoms with E-state index in [0.29, 0.717) is 18.0 Å². The number of hydrogen-bond acceptors (Lipinski definition) is 6. The highest BCUT2D eigenvalue weighted by Gasteiger charge is 2.31. The number of aromatic nitrogens is 2. The Hall–Kier alpha value is -1.90. The summed E-state index contributed by atoms with van der Waals surface area (Å²) in [6.45, 7) is 0.688. The molecule has 2 aromatic rings. The van der Waals surface area contributed by atoms with Crippen molar-refractivity contribution in [2.75, 3.05) is 20.2 Å². The Labute approximate surface area is 151 Å². The van der Waals surface area contributed by atoms with Crippen LogP contribution in [0, 0.1) is 0 Å². The first-order valence-corrected chi connectivity index (χ1v) is 9.60. The lowest BCUT2D eigenvalue weighted by Crippen LogP contribution is -2.44. The van der Waals surface area contributed by atoms with Gasteiger partial charge in [-0.25, -0.2) is 18.4 Å². The number of halogens is 1. The van der Waals surface area contributed by atoms with Gasteiger partial charge < -0.3 is 9.47 Å². The van der Waals surface area contributed by atoms with E-state index in [2.05, 4.69) is 9.97 Å². The van der Waals surface area contributed by atoms with E-state index in [0.717, 1.165) is 6.42 Å². The maximum Gasteiger partial charge on any atom is 0.278 e. The van der Waals surface area contributed by atoms with E-state index in [1.54, 1.807) is 12.1 Å². The van der Waals surface area contributed by atoms with Gasteiger partial charge in [0.15, 0.2) is 0 Å². The molecule has 9 heteroatoms. The van der Waals surface area contributed by atoms with Gasteiger partial charge in [-0.15, -0.1) is 0 Å².